The number of nitrogens with one attached hydrogen (secondary N) is 1. The number of hydrogen-bond acceptors (Lipinski definition) is 3. The van der Waals surface area contributed by atoms with Crippen molar-refractivity contribution >= 4 is 11.8 Å². The molecule has 0 spiro atoms. The monoisotopic (exact) mass is 190 g/mol. The van der Waals surface area contributed by atoms with E-state index in [-0.39, 0.29) is 0 Å². The Bertz CT molecular complexity index is 88.6. The summed E-state index contributed by atoms with van der Waals surface area (Å²) in [4.78, 5) is 2.38. The van der Waals surface area contributed by atoms with Gasteiger partial charge in [-0.1, -0.05) is 6.92 Å². The first kappa shape index (κ1) is 12.3. The van der Waals surface area contributed by atoms with Gasteiger partial charge in [-0.05, 0) is 38.6 Å². The summed E-state index contributed by atoms with van der Waals surface area (Å²) in [5, 5.41) is 3.15. The molecular weight excluding hydrogens is 168 g/mol. The average molecular weight is 190 g/mol. The molecule has 0 aromatic rings. The molecule has 0 saturated heterocycles. The van der Waals surface area contributed by atoms with Crippen molar-refractivity contribution in [1.29, 1.82) is 0 Å². The molecule has 1 N–H and O–H groups in total. The minimum Gasteiger partial charge on any atom is -0.318 e. The molecule has 0 aromatic heterocycles. The lowest BCUT2D eigenvalue weighted by Crippen LogP contribution is -2.28. The average Bonchev–Trinajstić information content (AvgIpc) is 2.09. The predicted molar refractivity (Wildman–Crippen MR) is 59.0 cm³/mol. The first-order valence-corrected chi connectivity index (χ1v) is 5.87. The molecule has 0 atom stereocenters. The van der Waals surface area contributed by atoms with Gasteiger partial charge in [0.1, 0.15) is 0 Å². The van der Waals surface area contributed by atoms with Gasteiger partial charge in [-0.2, -0.15) is 11.8 Å². The molecule has 0 amide bonds. The van der Waals surface area contributed by atoms with E-state index in [1.165, 1.54) is 24.5 Å². The second kappa shape index (κ2) is 9.36. The van der Waals surface area contributed by atoms with E-state index >= 15 is 0 Å². The van der Waals surface area contributed by atoms with Crippen LogP contribution in [0.15, 0.2) is 0 Å². The van der Waals surface area contributed by atoms with Crippen LogP contribution in [0.4, 0.5) is 0 Å². The molecule has 0 saturated carbocycles. The Kier molecular flexibility index (Phi) is 9.57. The van der Waals surface area contributed by atoms with Crippen LogP contribution in [0.25, 0.3) is 0 Å². The van der Waals surface area contributed by atoms with Crippen LogP contribution in [0, 0.1) is 0 Å². The fourth-order valence-corrected chi connectivity index (χ4v) is 1.62. The van der Waals surface area contributed by atoms with Gasteiger partial charge in [-0.3, -0.25) is 0 Å². The van der Waals surface area contributed by atoms with E-state index in [1.54, 1.807) is 0 Å². The molecule has 0 aliphatic rings. The van der Waals surface area contributed by atoms with Crippen LogP contribution in [-0.4, -0.2) is 50.1 Å². The smallest absolute Gasteiger partial charge is 0.0104 e. The van der Waals surface area contributed by atoms with Gasteiger partial charge in [0.2, 0.25) is 0 Å². The summed E-state index contributed by atoms with van der Waals surface area (Å²) >= 11 is 2.03. The van der Waals surface area contributed by atoms with Gasteiger partial charge in [-0.25, -0.2) is 0 Å². The Labute approximate surface area is 81.1 Å². The quantitative estimate of drug-likeness (QED) is 0.581. The van der Waals surface area contributed by atoms with Gasteiger partial charge in [0.25, 0.3) is 0 Å². The number of hydrogen-bond donors (Lipinski definition) is 1. The van der Waals surface area contributed by atoms with E-state index in [2.05, 4.69) is 24.2 Å². The molecule has 0 aliphatic carbocycles. The van der Waals surface area contributed by atoms with E-state index in [4.69, 9.17) is 0 Å². The Morgan fingerprint density at radius 2 is 2.08 bits per heavy atom. The zero-order valence-electron chi connectivity index (χ0n) is 8.60. The number of rotatable bonds is 8. The molecule has 0 fully saturated rings. The van der Waals surface area contributed by atoms with Crippen LogP contribution < -0.4 is 5.32 Å². The fourth-order valence-electron chi connectivity index (χ4n) is 0.995. The molecule has 0 radical (unpaired) electrons. The van der Waals surface area contributed by atoms with Gasteiger partial charge in [0.15, 0.2) is 0 Å². The first-order chi connectivity index (χ1) is 5.81. The molecule has 2 nitrogen and oxygen atoms in total. The topological polar surface area (TPSA) is 15.3 Å². The van der Waals surface area contributed by atoms with Crippen molar-refractivity contribution in [3.63, 3.8) is 0 Å². The maximum absolute atomic E-state index is 3.15. The second-order valence-corrected chi connectivity index (χ2v) is 4.35. The van der Waals surface area contributed by atoms with Gasteiger partial charge in [0, 0.05) is 13.1 Å². The van der Waals surface area contributed by atoms with Crippen LogP contribution in [0.1, 0.15) is 13.3 Å². The zero-order chi connectivity index (χ0) is 9.23. The van der Waals surface area contributed by atoms with Crippen LogP contribution in [0.5, 0.6) is 0 Å². The van der Waals surface area contributed by atoms with Crippen molar-refractivity contribution in [3.05, 3.63) is 0 Å². The summed E-state index contributed by atoms with van der Waals surface area (Å²) in [6.45, 7) is 5.70. The molecule has 0 rings (SSSR count). The molecular formula is C9H22N2S. The Morgan fingerprint density at radius 3 is 2.67 bits per heavy atom. The Hall–Kier alpha value is 0.270. The second-order valence-electron chi connectivity index (χ2n) is 2.96. The van der Waals surface area contributed by atoms with Gasteiger partial charge in [0.05, 0.1) is 0 Å². The third-order valence-corrected chi connectivity index (χ3v) is 2.76. The lowest BCUT2D eigenvalue weighted by molar-refractivity contribution is 0.337. The minimum atomic E-state index is 1.09. The Balaban J connectivity index is 3.02. The fraction of sp³-hybridized carbons (Fsp3) is 1.00. The van der Waals surface area contributed by atoms with Crippen LogP contribution in [-0.2, 0) is 0 Å². The molecule has 0 heterocycles. The van der Waals surface area contributed by atoms with E-state index in [1.807, 2.05) is 18.8 Å². The van der Waals surface area contributed by atoms with E-state index in [0.29, 0.717) is 0 Å². The van der Waals surface area contributed by atoms with E-state index < -0.39 is 0 Å². The Morgan fingerprint density at radius 1 is 1.33 bits per heavy atom. The normalized spacial score (nSPS) is 11.0. The lowest BCUT2D eigenvalue weighted by Gasteiger charge is -2.15. The summed E-state index contributed by atoms with van der Waals surface area (Å²) in [7, 11) is 4.19. The number of nitrogens with zero attached hydrogens (tertiary/aromatic N) is 1. The highest BCUT2D eigenvalue weighted by atomic mass is 32.2. The van der Waals surface area contributed by atoms with Gasteiger partial charge < -0.3 is 10.2 Å². The third kappa shape index (κ3) is 8.37. The molecule has 74 valence electrons. The highest BCUT2D eigenvalue weighted by Gasteiger charge is 1.95. The molecule has 0 unspecified atom stereocenters. The summed E-state index contributed by atoms with van der Waals surface area (Å²) in [6, 6.07) is 0. The minimum absolute atomic E-state index is 1.09. The van der Waals surface area contributed by atoms with Crippen molar-refractivity contribution in [1.82, 2.24) is 10.2 Å². The highest BCUT2D eigenvalue weighted by Crippen LogP contribution is 2.01. The van der Waals surface area contributed by atoms with E-state index in [9.17, 15) is 0 Å². The largest absolute Gasteiger partial charge is 0.318 e. The van der Waals surface area contributed by atoms with Gasteiger partial charge in [-0.15, -0.1) is 0 Å². The predicted octanol–water partition coefficient (Wildman–Crippen LogP) is 1.28. The summed E-state index contributed by atoms with van der Waals surface area (Å²) < 4.78 is 0. The lowest BCUT2D eigenvalue weighted by atomic mass is 10.4. The molecule has 0 bridgehead atoms. The first-order valence-electron chi connectivity index (χ1n) is 4.72. The zero-order valence-corrected chi connectivity index (χ0v) is 9.41. The molecule has 12 heavy (non-hydrogen) atoms. The van der Waals surface area contributed by atoms with Crippen LogP contribution in [0.3, 0.4) is 0 Å². The summed E-state index contributed by atoms with van der Waals surface area (Å²) in [5.74, 6) is 2.56. The van der Waals surface area contributed by atoms with E-state index in [0.717, 1.165) is 13.1 Å². The van der Waals surface area contributed by atoms with Crippen molar-refractivity contribution < 1.29 is 0 Å². The SMILES string of the molecule is CCSCCCN(C)CCNC. The molecule has 0 aliphatic heterocycles. The van der Waals surface area contributed by atoms with Crippen LogP contribution in [0.2, 0.25) is 0 Å². The molecule has 3 heteroatoms. The number of likely N-dealkylation sites (N-methyl/N-ethyl adjacent to an activating group) is 2. The van der Waals surface area contributed by atoms with Crippen molar-refractivity contribution in [2.75, 3.05) is 45.2 Å². The molecule has 0 aromatic carbocycles. The van der Waals surface area contributed by atoms with Gasteiger partial charge >= 0.3 is 0 Å². The summed E-state index contributed by atoms with van der Waals surface area (Å²) in [6.07, 6.45) is 1.32. The van der Waals surface area contributed by atoms with Crippen molar-refractivity contribution in [2.24, 2.45) is 0 Å². The maximum Gasteiger partial charge on any atom is 0.0104 e. The van der Waals surface area contributed by atoms with Crippen molar-refractivity contribution in [3.8, 4) is 0 Å². The van der Waals surface area contributed by atoms with Crippen molar-refractivity contribution in [2.45, 2.75) is 13.3 Å². The van der Waals surface area contributed by atoms with Crippen LogP contribution >= 0.6 is 11.8 Å². The maximum atomic E-state index is 3.15. The highest BCUT2D eigenvalue weighted by molar-refractivity contribution is 7.99. The number of thioether (sulfide) groups is 1. The third-order valence-electron chi connectivity index (χ3n) is 1.78. The summed E-state index contributed by atoms with van der Waals surface area (Å²) in [5.41, 5.74) is 0. The standard InChI is InChI=1S/C9H22N2S/c1-4-12-9-5-7-11(3)8-6-10-2/h10H,4-9H2,1-3H3.